The van der Waals surface area contributed by atoms with E-state index in [0.29, 0.717) is 4.90 Å². The first-order valence-electron chi connectivity index (χ1n) is 6.97. The molecular weight excluding hydrogens is 286 g/mol. The van der Waals surface area contributed by atoms with Crippen molar-refractivity contribution in [1.29, 1.82) is 0 Å². The van der Waals surface area contributed by atoms with Gasteiger partial charge < -0.3 is 4.90 Å². The van der Waals surface area contributed by atoms with Crippen LogP contribution in [0.2, 0.25) is 0 Å². The number of hydrogen-bond acceptors (Lipinski definition) is 4. The van der Waals surface area contributed by atoms with E-state index in [9.17, 15) is 13.2 Å². The van der Waals surface area contributed by atoms with E-state index < -0.39 is 9.84 Å². The maximum Gasteiger partial charge on any atom is 0.175 e. The van der Waals surface area contributed by atoms with Crippen molar-refractivity contribution in [2.24, 2.45) is 5.92 Å². The van der Waals surface area contributed by atoms with Crippen LogP contribution in [0.25, 0.3) is 6.08 Å². The van der Waals surface area contributed by atoms with Crippen molar-refractivity contribution in [3.8, 4) is 0 Å². The molecule has 0 aliphatic heterocycles. The van der Waals surface area contributed by atoms with Gasteiger partial charge in [0.05, 0.1) is 4.90 Å². The standard InChI is InChI=1S/C16H21NO3S/c1-17(2)11-14-7-6-13(16(14)18)10-12-4-8-15(9-5-12)21(3,19)20/h4-5,8-10,14H,6-7,11H2,1-3H3/b13-10-. The van der Waals surface area contributed by atoms with Crippen LogP contribution >= 0.6 is 0 Å². The van der Waals surface area contributed by atoms with Crippen molar-refractivity contribution in [2.75, 3.05) is 26.9 Å². The van der Waals surface area contributed by atoms with Crippen LogP contribution in [0.5, 0.6) is 0 Å². The van der Waals surface area contributed by atoms with Gasteiger partial charge >= 0.3 is 0 Å². The normalized spacial score (nSPS) is 21.4. The van der Waals surface area contributed by atoms with Crippen LogP contribution in [-0.2, 0) is 14.6 Å². The Morgan fingerprint density at radius 2 is 1.86 bits per heavy atom. The molecule has 0 bridgehead atoms. The number of sulfone groups is 1. The van der Waals surface area contributed by atoms with Gasteiger partial charge in [-0.25, -0.2) is 8.42 Å². The lowest BCUT2D eigenvalue weighted by molar-refractivity contribution is -0.118. The number of ketones is 1. The van der Waals surface area contributed by atoms with Crippen LogP contribution in [0.1, 0.15) is 18.4 Å². The topological polar surface area (TPSA) is 54.5 Å². The molecular formula is C16H21NO3S. The summed E-state index contributed by atoms with van der Waals surface area (Å²) in [7, 11) is 0.769. The van der Waals surface area contributed by atoms with Gasteiger partial charge in [0.1, 0.15) is 0 Å². The predicted molar refractivity (Wildman–Crippen MR) is 83.8 cm³/mol. The smallest absolute Gasteiger partial charge is 0.175 e. The van der Waals surface area contributed by atoms with Crippen molar-refractivity contribution in [3.63, 3.8) is 0 Å². The third-order valence-electron chi connectivity index (χ3n) is 3.68. The number of rotatable bonds is 4. The molecule has 1 atom stereocenters. The van der Waals surface area contributed by atoms with Gasteiger partial charge in [-0.3, -0.25) is 4.79 Å². The molecule has 1 aromatic carbocycles. The molecule has 0 heterocycles. The van der Waals surface area contributed by atoms with E-state index in [2.05, 4.69) is 0 Å². The third-order valence-corrected chi connectivity index (χ3v) is 4.81. The minimum atomic E-state index is -3.17. The molecule has 2 rings (SSSR count). The Morgan fingerprint density at radius 1 is 1.24 bits per heavy atom. The van der Waals surface area contributed by atoms with Gasteiger partial charge in [-0.05, 0) is 56.3 Å². The fraction of sp³-hybridized carbons (Fsp3) is 0.438. The van der Waals surface area contributed by atoms with E-state index in [-0.39, 0.29) is 11.7 Å². The molecule has 0 aromatic heterocycles. The monoisotopic (exact) mass is 307 g/mol. The number of benzene rings is 1. The van der Waals surface area contributed by atoms with E-state index in [0.717, 1.165) is 30.5 Å². The van der Waals surface area contributed by atoms with Gasteiger partial charge in [-0.2, -0.15) is 0 Å². The number of carbonyl (C=O) groups excluding carboxylic acids is 1. The van der Waals surface area contributed by atoms with Gasteiger partial charge in [0.2, 0.25) is 0 Å². The molecule has 21 heavy (non-hydrogen) atoms. The second kappa shape index (κ2) is 6.12. The summed E-state index contributed by atoms with van der Waals surface area (Å²) in [5, 5.41) is 0. The van der Waals surface area contributed by atoms with Crippen LogP contribution < -0.4 is 0 Å². The lowest BCUT2D eigenvalue weighted by Crippen LogP contribution is -2.24. The van der Waals surface area contributed by atoms with Gasteiger partial charge in [0, 0.05) is 18.7 Å². The fourth-order valence-electron chi connectivity index (χ4n) is 2.62. The van der Waals surface area contributed by atoms with Crippen molar-refractivity contribution < 1.29 is 13.2 Å². The van der Waals surface area contributed by atoms with Crippen LogP contribution in [0.4, 0.5) is 0 Å². The quantitative estimate of drug-likeness (QED) is 0.799. The summed E-state index contributed by atoms with van der Waals surface area (Å²) in [5.41, 5.74) is 1.71. The average molecular weight is 307 g/mol. The SMILES string of the molecule is CN(C)CC1CC/C(=C/c2ccc(S(C)(=O)=O)cc2)C1=O. The largest absolute Gasteiger partial charge is 0.309 e. The Labute approximate surface area is 126 Å². The lowest BCUT2D eigenvalue weighted by Gasteiger charge is -2.13. The Bertz CT molecular complexity index is 657. The second-order valence-corrected chi connectivity index (χ2v) is 7.89. The highest BCUT2D eigenvalue weighted by atomic mass is 32.2. The molecule has 0 amide bonds. The Balaban J connectivity index is 2.16. The fourth-order valence-corrected chi connectivity index (χ4v) is 3.25. The van der Waals surface area contributed by atoms with Gasteiger partial charge in [-0.1, -0.05) is 12.1 Å². The molecule has 0 radical (unpaired) electrons. The minimum Gasteiger partial charge on any atom is -0.309 e. The van der Waals surface area contributed by atoms with E-state index >= 15 is 0 Å². The molecule has 1 fully saturated rings. The molecule has 0 spiro atoms. The maximum atomic E-state index is 12.3. The number of hydrogen-bond donors (Lipinski definition) is 0. The van der Waals surface area contributed by atoms with Gasteiger partial charge in [-0.15, -0.1) is 0 Å². The van der Waals surface area contributed by atoms with E-state index in [1.54, 1.807) is 24.3 Å². The molecule has 114 valence electrons. The average Bonchev–Trinajstić information content (AvgIpc) is 2.70. The highest BCUT2D eigenvalue weighted by Crippen LogP contribution is 2.29. The maximum absolute atomic E-state index is 12.3. The minimum absolute atomic E-state index is 0.0848. The summed E-state index contributed by atoms with van der Waals surface area (Å²) >= 11 is 0. The lowest BCUT2D eigenvalue weighted by atomic mass is 10.0. The Morgan fingerprint density at radius 3 is 2.38 bits per heavy atom. The van der Waals surface area contributed by atoms with Crippen molar-refractivity contribution >= 4 is 21.7 Å². The van der Waals surface area contributed by atoms with Crippen LogP contribution in [0.15, 0.2) is 34.7 Å². The highest BCUT2D eigenvalue weighted by molar-refractivity contribution is 7.90. The Kier molecular flexibility index (Phi) is 4.64. The first-order valence-corrected chi connectivity index (χ1v) is 8.86. The Hall–Kier alpha value is -1.46. The second-order valence-electron chi connectivity index (χ2n) is 5.87. The third kappa shape index (κ3) is 4.02. The van der Waals surface area contributed by atoms with E-state index in [4.69, 9.17) is 0 Å². The summed E-state index contributed by atoms with van der Waals surface area (Å²) in [5.74, 6) is 0.303. The van der Waals surface area contributed by atoms with Crippen molar-refractivity contribution in [3.05, 3.63) is 35.4 Å². The predicted octanol–water partition coefficient (Wildman–Crippen LogP) is 2.01. The first kappa shape index (κ1) is 15.9. The first-order chi connectivity index (χ1) is 9.77. The molecule has 0 saturated heterocycles. The summed E-state index contributed by atoms with van der Waals surface area (Å²) in [6, 6.07) is 6.66. The van der Waals surface area contributed by atoms with Gasteiger partial charge in [0.25, 0.3) is 0 Å². The molecule has 1 aromatic rings. The number of allylic oxidation sites excluding steroid dienone is 1. The highest BCUT2D eigenvalue weighted by Gasteiger charge is 2.29. The van der Waals surface area contributed by atoms with Gasteiger partial charge in [0.15, 0.2) is 15.6 Å². The van der Waals surface area contributed by atoms with E-state index in [1.807, 2.05) is 25.1 Å². The van der Waals surface area contributed by atoms with Crippen LogP contribution in [0, 0.1) is 5.92 Å². The summed E-state index contributed by atoms with van der Waals surface area (Å²) < 4.78 is 22.8. The zero-order chi connectivity index (χ0) is 15.6. The summed E-state index contributed by atoms with van der Waals surface area (Å²) in [4.78, 5) is 14.6. The molecule has 1 aliphatic carbocycles. The molecule has 0 N–H and O–H groups in total. The molecule has 5 heteroatoms. The molecule has 4 nitrogen and oxygen atoms in total. The van der Waals surface area contributed by atoms with Crippen molar-refractivity contribution in [1.82, 2.24) is 4.90 Å². The summed E-state index contributed by atoms with van der Waals surface area (Å²) in [6.07, 6.45) is 4.76. The molecule has 1 saturated carbocycles. The molecule has 1 aliphatic rings. The zero-order valence-corrected chi connectivity index (χ0v) is 13.5. The number of nitrogens with zero attached hydrogens (tertiary/aromatic N) is 1. The molecule has 1 unspecified atom stereocenters. The summed E-state index contributed by atoms with van der Waals surface area (Å²) in [6.45, 7) is 0.781. The van der Waals surface area contributed by atoms with Crippen LogP contribution in [0.3, 0.4) is 0 Å². The van der Waals surface area contributed by atoms with E-state index in [1.165, 1.54) is 6.26 Å². The number of Topliss-reactive ketones (excluding diaryl/α,β-unsaturated/α-hetero) is 1. The zero-order valence-electron chi connectivity index (χ0n) is 12.7. The number of carbonyl (C=O) groups is 1. The van der Waals surface area contributed by atoms with Crippen molar-refractivity contribution in [2.45, 2.75) is 17.7 Å². The van der Waals surface area contributed by atoms with Crippen LogP contribution in [-0.4, -0.2) is 46.0 Å².